The van der Waals surface area contributed by atoms with Crippen molar-refractivity contribution >= 4 is 23.9 Å². The molecule has 282 valence electrons. The number of rotatable bonds is 19. The molecular formula is C43H53N3O7. The maximum atomic E-state index is 13.6. The molecule has 0 saturated carbocycles. The lowest BCUT2D eigenvalue weighted by Gasteiger charge is -2.32. The molecule has 3 aromatic carbocycles. The molecule has 0 aliphatic heterocycles. The molecule has 10 heteroatoms. The zero-order chi connectivity index (χ0) is 38.4. The van der Waals surface area contributed by atoms with Crippen molar-refractivity contribution in [3.63, 3.8) is 0 Å². The van der Waals surface area contributed by atoms with Crippen molar-refractivity contribution in [1.82, 2.24) is 16.0 Å². The van der Waals surface area contributed by atoms with Gasteiger partial charge in [0.05, 0.1) is 24.6 Å². The van der Waals surface area contributed by atoms with Crippen molar-refractivity contribution in [2.45, 2.75) is 76.9 Å². The van der Waals surface area contributed by atoms with Crippen LogP contribution in [0.25, 0.3) is 11.1 Å². The summed E-state index contributed by atoms with van der Waals surface area (Å²) in [5.41, 5.74) is 4.80. The topological polar surface area (TPSA) is 143 Å². The summed E-state index contributed by atoms with van der Waals surface area (Å²) in [7, 11) is 0. The molecule has 4 rings (SSSR count). The molecule has 3 amide bonds. The number of nitrogens with one attached hydrogen (secondary N) is 3. The summed E-state index contributed by atoms with van der Waals surface area (Å²) in [5.74, 6) is -2.30. The highest BCUT2D eigenvalue weighted by Gasteiger charge is 2.33. The molecule has 0 fully saturated rings. The number of aliphatic hydroxyl groups excluding tert-OH is 1. The smallest absolute Gasteiger partial charge is 0.407 e. The Morgan fingerprint density at radius 1 is 0.830 bits per heavy atom. The minimum Gasteiger partial charge on any atom is -0.462 e. The van der Waals surface area contributed by atoms with Crippen LogP contribution in [0, 0.1) is 11.3 Å². The van der Waals surface area contributed by atoms with E-state index in [1.807, 2.05) is 87.5 Å². The molecule has 0 heterocycles. The number of hydrogen-bond acceptors (Lipinski definition) is 7. The molecule has 1 aliphatic carbocycles. The number of esters is 1. The summed E-state index contributed by atoms with van der Waals surface area (Å²) in [5, 5.41) is 18.4. The molecule has 0 unspecified atom stereocenters. The molecule has 0 saturated heterocycles. The first kappa shape index (κ1) is 40.5. The lowest BCUT2D eigenvalue weighted by molar-refractivity contribution is -0.148. The van der Waals surface area contributed by atoms with E-state index in [9.17, 15) is 24.3 Å². The normalized spacial score (nSPS) is 14.3. The Kier molecular flexibility index (Phi) is 15.0. The molecule has 0 spiro atoms. The molecule has 0 bridgehead atoms. The number of amides is 3. The Balaban J connectivity index is 1.34. The third kappa shape index (κ3) is 11.6. The average Bonchev–Trinajstić information content (AvgIpc) is 3.46. The summed E-state index contributed by atoms with van der Waals surface area (Å²) < 4.78 is 11.4. The third-order valence-corrected chi connectivity index (χ3v) is 9.50. The molecule has 4 N–H and O–H groups in total. The molecule has 1 aliphatic rings. The van der Waals surface area contributed by atoms with Crippen LogP contribution in [0.15, 0.2) is 104 Å². The van der Waals surface area contributed by atoms with E-state index in [0.29, 0.717) is 12.8 Å². The van der Waals surface area contributed by atoms with E-state index in [4.69, 9.17) is 9.47 Å². The van der Waals surface area contributed by atoms with Gasteiger partial charge >= 0.3 is 12.1 Å². The van der Waals surface area contributed by atoms with Gasteiger partial charge in [0.15, 0.2) is 0 Å². The van der Waals surface area contributed by atoms with Crippen LogP contribution < -0.4 is 16.0 Å². The molecule has 0 aromatic heterocycles. The molecule has 4 atom stereocenters. The minimum atomic E-state index is -1.01. The second kappa shape index (κ2) is 19.6. The summed E-state index contributed by atoms with van der Waals surface area (Å²) >= 11 is 0. The predicted octanol–water partition coefficient (Wildman–Crippen LogP) is 6.24. The Morgan fingerprint density at radius 2 is 1.45 bits per heavy atom. The summed E-state index contributed by atoms with van der Waals surface area (Å²) in [6, 6.07) is 23.5. The summed E-state index contributed by atoms with van der Waals surface area (Å²) in [4.78, 5) is 53.0. The largest absolute Gasteiger partial charge is 0.462 e. The highest BCUT2D eigenvalue weighted by molar-refractivity contribution is 5.86. The van der Waals surface area contributed by atoms with Crippen molar-refractivity contribution in [3.8, 4) is 11.1 Å². The van der Waals surface area contributed by atoms with E-state index in [1.165, 1.54) is 0 Å². The van der Waals surface area contributed by atoms with Crippen LogP contribution in [0.5, 0.6) is 0 Å². The molecule has 10 nitrogen and oxygen atoms in total. The van der Waals surface area contributed by atoms with Gasteiger partial charge in [-0.2, -0.15) is 0 Å². The Labute approximate surface area is 313 Å². The highest BCUT2D eigenvalue weighted by Crippen LogP contribution is 2.44. The van der Waals surface area contributed by atoms with E-state index in [0.717, 1.165) is 27.8 Å². The molecule has 53 heavy (non-hydrogen) atoms. The number of aliphatic hydroxyl groups is 1. The van der Waals surface area contributed by atoms with Crippen LogP contribution in [0.1, 0.15) is 69.1 Å². The van der Waals surface area contributed by atoms with E-state index in [-0.39, 0.29) is 56.8 Å². The van der Waals surface area contributed by atoms with Crippen molar-refractivity contribution in [2.24, 2.45) is 11.3 Å². The molecule has 0 radical (unpaired) electrons. The lowest BCUT2D eigenvalue weighted by Crippen LogP contribution is -2.51. The van der Waals surface area contributed by atoms with Gasteiger partial charge in [0.25, 0.3) is 0 Å². The van der Waals surface area contributed by atoms with Crippen molar-refractivity contribution < 1.29 is 33.8 Å². The SMILES string of the molecule is C=CCC[C@H](NC(=O)OCC1c2ccccc2-c2ccccc21)C(=O)OC[C@@H](NC(=O)[C@@H](CC=C)CC(=O)N[C@H](CO)Cc1ccccc1)C(C)(C)C. The fourth-order valence-corrected chi connectivity index (χ4v) is 6.43. The Bertz CT molecular complexity index is 1670. The average molecular weight is 724 g/mol. The number of ether oxygens (including phenoxy) is 2. The van der Waals surface area contributed by atoms with Crippen molar-refractivity contribution in [2.75, 3.05) is 19.8 Å². The number of fused-ring (bicyclic) bond motifs is 3. The highest BCUT2D eigenvalue weighted by atomic mass is 16.6. The van der Waals surface area contributed by atoms with Gasteiger partial charge in [0.1, 0.15) is 19.3 Å². The maximum absolute atomic E-state index is 13.6. The first-order chi connectivity index (χ1) is 25.4. The number of allylic oxidation sites excluding steroid dienone is 2. The fourth-order valence-electron chi connectivity index (χ4n) is 6.43. The fraction of sp³-hybridized carbons (Fsp3) is 0.395. The summed E-state index contributed by atoms with van der Waals surface area (Å²) in [6.07, 6.45) is 3.75. The second-order valence-electron chi connectivity index (χ2n) is 14.5. The predicted molar refractivity (Wildman–Crippen MR) is 206 cm³/mol. The number of carbonyl (C=O) groups excluding carboxylic acids is 4. The van der Waals surface area contributed by atoms with Gasteiger partial charge in [-0.25, -0.2) is 9.59 Å². The van der Waals surface area contributed by atoms with Crippen molar-refractivity contribution in [1.29, 1.82) is 0 Å². The monoisotopic (exact) mass is 723 g/mol. The van der Waals surface area contributed by atoms with Crippen molar-refractivity contribution in [3.05, 3.63) is 121 Å². The zero-order valence-electron chi connectivity index (χ0n) is 31.0. The first-order valence-electron chi connectivity index (χ1n) is 18.2. The Morgan fingerprint density at radius 3 is 2.04 bits per heavy atom. The van der Waals surface area contributed by atoms with Crippen LogP contribution in [0.3, 0.4) is 0 Å². The molecular weight excluding hydrogens is 670 g/mol. The van der Waals surface area contributed by atoms with E-state index >= 15 is 0 Å². The third-order valence-electron chi connectivity index (χ3n) is 9.50. The van der Waals surface area contributed by atoms with Gasteiger partial charge in [-0.3, -0.25) is 9.59 Å². The summed E-state index contributed by atoms with van der Waals surface area (Å²) in [6.45, 7) is 12.9. The van der Waals surface area contributed by atoms with Crippen LogP contribution >= 0.6 is 0 Å². The van der Waals surface area contributed by atoms with Gasteiger partial charge < -0.3 is 30.5 Å². The van der Waals surface area contributed by atoms with E-state index < -0.39 is 41.5 Å². The zero-order valence-corrected chi connectivity index (χ0v) is 31.0. The number of benzene rings is 3. The number of carbonyl (C=O) groups is 4. The number of alkyl carbamates (subject to hydrolysis) is 1. The van der Waals surface area contributed by atoms with Crippen LogP contribution in [-0.4, -0.2) is 66.9 Å². The van der Waals surface area contributed by atoms with Crippen LogP contribution in [-0.2, 0) is 30.3 Å². The minimum absolute atomic E-state index is 0.0960. The van der Waals surface area contributed by atoms with Gasteiger partial charge in [-0.1, -0.05) is 112 Å². The standard InChI is InChI=1S/C43H53N3O7/c1-6-8-23-37(45-42(51)53-27-36-34-21-14-12-19-32(34)33-20-13-15-22-35(33)36)41(50)52-28-38(43(3,4)5)46-40(49)30(16-7-2)25-39(48)44-31(26-47)24-29-17-10-9-11-18-29/h6-7,9-15,17-22,30-31,36-38,47H,1-2,8,16,23-28H2,3-5H3,(H,44,48)(H,45,51)(H,46,49)/t30-,31-,37-,38+/m0/s1. The Hall–Kier alpha value is -5.22. The maximum Gasteiger partial charge on any atom is 0.407 e. The van der Waals surface area contributed by atoms with Crippen LogP contribution in [0.4, 0.5) is 4.79 Å². The quantitative estimate of drug-likeness (QED) is 0.0848. The van der Waals surface area contributed by atoms with Gasteiger partial charge in [0.2, 0.25) is 11.8 Å². The van der Waals surface area contributed by atoms with Gasteiger partial charge in [-0.15, -0.1) is 13.2 Å². The van der Waals surface area contributed by atoms with E-state index in [2.05, 4.69) is 41.2 Å². The van der Waals surface area contributed by atoms with Gasteiger partial charge in [-0.05, 0) is 58.9 Å². The lowest BCUT2D eigenvalue weighted by atomic mass is 9.86. The van der Waals surface area contributed by atoms with Crippen LogP contribution in [0.2, 0.25) is 0 Å². The number of hydrogen-bond donors (Lipinski definition) is 4. The second-order valence-corrected chi connectivity index (χ2v) is 14.5. The molecule has 3 aromatic rings. The first-order valence-corrected chi connectivity index (χ1v) is 18.2. The van der Waals surface area contributed by atoms with E-state index in [1.54, 1.807) is 12.2 Å². The van der Waals surface area contributed by atoms with Gasteiger partial charge in [0, 0.05) is 12.3 Å².